The third-order valence-corrected chi connectivity index (χ3v) is 3.70. The Kier molecular flexibility index (Phi) is 4.04. The lowest BCUT2D eigenvalue weighted by Crippen LogP contribution is -2.49. The molecule has 0 aromatic carbocycles. The topological polar surface area (TPSA) is 56.7 Å². The number of aryl methyl sites for hydroxylation is 1. The van der Waals surface area contributed by atoms with Crippen LogP contribution in [-0.4, -0.2) is 53.2 Å². The van der Waals surface area contributed by atoms with Crippen molar-refractivity contribution in [3.05, 3.63) is 23.4 Å². The molecule has 5 nitrogen and oxygen atoms in total. The first-order valence-corrected chi connectivity index (χ1v) is 6.68. The molecule has 0 radical (unpaired) electrons. The highest BCUT2D eigenvalue weighted by Crippen LogP contribution is 2.18. The summed E-state index contributed by atoms with van der Waals surface area (Å²) in [5, 5.41) is 9.00. The number of aromatic carboxylic acids is 1. The lowest BCUT2D eigenvalue weighted by atomic mass is 10.1. The Morgan fingerprint density at radius 2 is 1.95 bits per heavy atom. The summed E-state index contributed by atoms with van der Waals surface area (Å²) in [6, 6.07) is 2.44. The van der Waals surface area contributed by atoms with Crippen LogP contribution in [0.1, 0.15) is 29.8 Å². The molecule has 0 aliphatic carbocycles. The van der Waals surface area contributed by atoms with Gasteiger partial charge in [0.05, 0.1) is 5.56 Å². The van der Waals surface area contributed by atoms with Crippen molar-refractivity contribution >= 4 is 11.8 Å². The molecule has 1 N–H and O–H groups in total. The molecule has 1 saturated heterocycles. The normalized spacial score (nSPS) is 16.9. The SMILES string of the molecule is Cc1cc(N2CCN(C(C)C)CC2)ncc1C(=O)O. The Bertz CT molecular complexity index is 466. The Morgan fingerprint density at radius 1 is 1.32 bits per heavy atom. The molecule has 5 heteroatoms. The van der Waals surface area contributed by atoms with E-state index in [1.165, 1.54) is 6.20 Å². The maximum atomic E-state index is 11.0. The number of piperazine rings is 1. The molecule has 0 spiro atoms. The summed E-state index contributed by atoms with van der Waals surface area (Å²) in [5.41, 5.74) is 1.05. The largest absolute Gasteiger partial charge is 0.478 e. The lowest BCUT2D eigenvalue weighted by Gasteiger charge is -2.37. The number of anilines is 1. The van der Waals surface area contributed by atoms with E-state index in [0.29, 0.717) is 6.04 Å². The molecular weight excluding hydrogens is 242 g/mol. The third-order valence-electron chi connectivity index (χ3n) is 3.70. The number of nitrogens with zero attached hydrogens (tertiary/aromatic N) is 3. The van der Waals surface area contributed by atoms with Gasteiger partial charge < -0.3 is 10.0 Å². The minimum Gasteiger partial charge on any atom is -0.478 e. The van der Waals surface area contributed by atoms with Gasteiger partial charge >= 0.3 is 5.97 Å². The number of hydrogen-bond acceptors (Lipinski definition) is 4. The maximum Gasteiger partial charge on any atom is 0.337 e. The average molecular weight is 263 g/mol. The fourth-order valence-corrected chi connectivity index (χ4v) is 2.41. The molecule has 0 amide bonds. The Balaban J connectivity index is 2.08. The first kappa shape index (κ1) is 13.8. The van der Waals surface area contributed by atoms with Gasteiger partial charge in [-0.2, -0.15) is 0 Å². The Morgan fingerprint density at radius 3 is 2.42 bits per heavy atom. The second kappa shape index (κ2) is 5.57. The molecule has 0 atom stereocenters. The van der Waals surface area contributed by atoms with E-state index < -0.39 is 5.97 Å². The number of pyridine rings is 1. The van der Waals surface area contributed by atoms with E-state index in [1.54, 1.807) is 0 Å². The smallest absolute Gasteiger partial charge is 0.337 e. The van der Waals surface area contributed by atoms with E-state index in [1.807, 2.05) is 13.0 Å². The van der Waals surface area contributed by atoms with Crippen molar-refractivity contribution in [1.29, 1.82) is 0 Å². The molecule has 2 rings (SSSR count). The van der Waals surface area contributed by atoms with Crippen molar-refractivity contribution in [2.24, 2.45) is 0 Å². The number of carboxylic acids is 1. The molecular formula is C14H21N3O2. The molecule has 1 aromatic heterocycles. The van der Waals surface area contributed by atoms with Crippen molar-refractivity contribution in [3.8, 4) is 0 Å². The van der Waals surface area contributed by atoms with Crippen molar-refractivity contribution in [3.63, 3.8) is 0 Å². The summed E-state index contributed by atoms with van der Waals surface area (Å²) in [7, 11) is 0. The predicted molar refractivity (Wildman–Crippen MR) is 74.9 cm³/mol. The highest BCUT2D eigenvalue weighted by atomic mass is 16.4. The van der Waals surface area contributed by atoms with Crippen LogP contribution >= 0.6 is 0 Å². The van der Waals surface area contributed by atoms with E-state index in [-0.39, 0.29) is 5.56 Å². The van der Waals surface area contributed by atoms with E-state index in [2.05, 4.69) is 28.6 Å². The van der Waals surface area contributed by atoms with Crippen LogP contribution in [0.5, 0.6) is 0 Å². The molecule has 104 valence electrons. The quantitative estimate of drug-likeness (QED) is 0.898. The van der Waals surface area contributed by atoms with E-state index in [0.717, 1.165) is 37.6 Å². The summed E-state index contributed by atoms with van der Waals surface area (Å²) >= 11 is 0. The van der Waals surface area contributed by atoms with Crippen LogP contribution in [0.2, 0.25) is 0 Å². The molecule has 1 aliphatic rings. The highest BCUT2D eigenvalue weighted by molar-refractivity contribution is 5.89. The van der Waals surface area contributed by atoms with Gasteiger partial charge in [0, 0.05) is 38.4 Å². The van der Waals surface area contributed by atoms with E-state index >= 15 is 0 Å². The zero-order valence-corrected chi connectivity index (χ0v) is 11.8. The zero-order chi connectivity index (χ0) is 14.0. The van der Waals surface area contributed by atoms with Crippen LogP contribution in [0.4, 0.5) is 5.82 Å². The summed E-state index contributed by atoms with van der Waals surface area (Å²) in [6.07, 6.45) is 1.46. The number of aromatic nitrogens is 1. The first-order chi connectivity index (χ1) is 8.99. The van der Waals surface area contributed by atoms with Crippen LogP contribution in [0.15, 0.2) is 12.3 Å². The van der Waals surface area contributed by atoms with Gasteiger partial charge in [-0.25, -0.2) is 9.78 Å². The molecule has 1 aromatic rings. The van der Waals surface area contributed by atoms with Gasteiger partial charge in [0.15, 0.2) is 0 Å². The fraction of sp³-hybridized carbons (Fsp3) is 0.571. The van der Waals surface area contributed by atoms with Gasteiger partial charge in [-0.05, 0) is 32.4 Å². The molecule has 1 aliphatic heterocycles. The second-order valence-electron chi connectivity index (χ2n) is 5.28. The monoisotopic (exact) mass is 263 g/mol. The van der Waals surface area contributed by atoms with E-state index in [9.17, 15) is 4.79 Å². The first-order valence-electron chi connectivity index (χ1n) is 6.68. The van der Waals surface area contributed by atoms with Crippen LogP contribution in [0.25, 0.3) is 0 Å². The van der Waals surface area contributed by atoms with Gasteiger partial charge in [0.1, 0.15) is 5.82 Å². The number of carbonyl (C=O) groups is 1. The van der Waals surface area contributed by atoms with Gasteiger partial charge in [-0.3, -0.25) is 4.90 Å². The van der Waals surface area contributed by atoms with E-state index in [4.69, 9.17) is 5.11 Å². The molecule has 0 bridgehead atoms. The predicted octanol–water partition coefficient (Wildman–Crippen LogP) is 1.62. The highest BCUT2D eigenvalue weighted by Gasteiger charge is 2.20. The van der Waals surface area contributed by atoms with Crippen LogP contribution in [0, 0.1) is 6.92 Å². The Hall–Kier alpha value is -1.62. The average Bonchev–Trinajstić information content (AvgIpc) is 2.38. The lowest BCUT2D eigenvalue weighted by molar-refractivity contribution is 0.0695. The summed E-state index contributed by atoms with van der Waals surface area (Å²) < 4.78 is 0. The van der Waals surface area contributed by atoms with Gasteiger partial charge in [0.25, 0.3) is 0 Å². The Labute approximate surface area is 113 Å². The van der Waals surface area contributed by atoms with Gasteiger partial charge in [-0.1, -0.05) is 0 Å². The molecule has 1 fully saturated rings. The number of rotatable bonds is 3. The minimum atomic E-state index is -0.916. The van der Waals surface area contributed by atoms with Crippen LogP contribution < -0.4 is 4.90 Å². The summed E-state index contributed by atoms with van der Waals surface area (Å²) in [4.78, 5) is 19.9. The fourth-order valence-electron chi connectivity index (χ4n) is 2.41. The van der Waals surface area contributed by atoms with Gasteiger partial charge in [0.2, 0.25) is 0 Å². The third kappa shape index (κ3) is 3.04. The number of hydrogen-bond donors (Lipinski definition) is 1. The molecule has 0 saturated carbocycles. The molecule has 0 unspecified atom stereocenters. The van der Waals surface area contributed by atoms with Crippen molar-refractivity contribution in [2.75, 3.05) is 31.1 Å². The van der Waals surface area contributed by atoms with Crippen LogP contribution in [-0.2, 0) is 0 Å². The van der Waals surface area contributed by atoms with Crippen molar-refractivity contribution in [2.45, 2.75) is 26.8 Å². The standard InChI is InChI=1S/C14H21N3O2/c1-10(2)16-4-6-17(7-5-16)13-8-11(3)12(9-15-13)14(18)19/h8-10H,4-7H2,1-3H3,(H,18,19). The van der Waals surface area contributed by atoms with Crippen molar-refractivity contribution < 1.29 is 9.90 Å². The van der Waals surface area contributed by atoms with Crippen molar-refractivity contribution in [1.82, 2.24) is 9.88 Å². The maximum absolute atomic E-state index is 11.0. The summed E-state index contributed by atoms with van der Waals surface area (Å²) in [6.45, 7) is 10.2. The minimum absolute atomic E-state index is 0.282. The second-order valence-corrected chi connectivity index (χ2v) is 5.28. The molecule has 2 heterocycles. The zero-order valence-electron chi connectivity index (χ0n) is 11.8. The number of carboxylic acid groups (broad SMARTS) is 1. The summed E-state index contributed by atoms with van der Waals surface area (Å²) in [5.74, 6) is -0.0351. The molecule has 19 heavy (non-hydrogen) atoms. The van der Waals surface area contributed by atoms with Gasteiger partial charge in [-0.15, -0.1) is 0 Å². The van der Waals surface area contributed by atoms with Crippen LogP contribution in [0.3, 0.4) is 0 Å².